The molecule has 0 saturated carbocycles. The molecule has 3 rings (SSSR count). The van der Waals surface area contributed by atoms with E-state index in [1.807, 2.05) is 19.9 Å². The van der Waals surface area contributed by atoms with E-state index in [1.54, 1.807) is 42.5 Å². The van der Waals surface area contributed by atoms with Gasteiger partial charge in [-0.15, -0.1) is 0 Å². The average Bonchev–Trinajstić information content (AvgIpc) is 3.07. The van der Waals surface area contributed by atoms with Crippen molar-refractivity contribution >= 4 is 15.7 Å². The van der Waals surface area contributed by atoms with Crippen molar-refractivity contribution in [3.8, 4) is 17.1 Å². The lowest BCUT2D eigenvalue weighted by atomic mass is 10.1. The summed E-state index contributed by atoms with van der Waals surface area (Å²) in [5, 5.41) is 3.86. The molecule has 0 atom stereocenters. The average molecular weight is 372 g/mol. The summed E-state index contributed by atoms with van der Waals surface area (Å²) in [5.74, 6) is 0.982. The molecular formula is C19H20N2O4S. The molecule has 0 spiro atoms. The van der Waals surface area contributed by atoms with E-state index in [9.17, 15) is 8.42 Å². The van der Waals surface area contributed by atoms with Gasteiger partial charge in [0.2, 0.25) is 0 Å². The summed E-state index contributed by atoms with van der Waals surface area (Å²) < 4.78 is 39.2. The minimum absolute atomic E-state index is 0.206. The van der Waals surface area contributed by atoms with Crippen LogP contribution in [0, 0.1) is 6.92 Å². The number of rotatable bonds is 6. The molecule has 6 nitrogen and oxygen atoms in total. The molecule has 1 aromatic heterocycles. The lowest BCUT2D eigenvalue weighted by Gasteiger charge is -2.14. The van der Waals surface area contributed by atoms with Crippen molar-refractivity contribution in [2.24, 2.45) is 0 Å². The fourth-order valence-electron chi connectivity index (χ4n) is 2.68. The van der Waals surface area contributed by atoms with Gasteiger partial charge in [0, 0.05) is 11.6 Å². The molecule has 3 aromatic rings. The summed E-state index contributed by atoms with van der Waals surface area (Å²) in [6, 6.07) is 13.9. The summed E-state index contributed by atoms with van der Waals surface area (Å²) in [4.78, 5) is 0.206. The van der Waals surface area contributed by atoms with Crippen LogP contribution in [0.25, 0.3) is 11.3 Å². The van der Waals surface area contributed by atoms with E-state index in [0.717, 1.165) is 5.69 Å². The van der Waals surface area contributed by atoms with Gasteiger partial charge in [-0.3, -0.25) is 4.72 Å². The Labute approximate surface area is 152 Å². The number of para-hydroxylation sites is 2. The van der Waals surface area contributed by atoms with Crippen molar-refractivity contribution in [2.45, 2.75) is 25.2 Å². The molecule has 0 aliphatic carbocycles. The Morgan fingerprint density at radius 2 is 1.92 bits per heavy atom. The highest BCUT2D eigenvalue weighted by Crippen LogP contribution is 2.30. The van der Waals surface area contributed by atoms with Gasteiger partial charge in [-0.25, -0.2) is 8.42 Å². The first kappa shape index (κ1) is 18.0. The van der Waals surface area contributed by atoms with Crippen LogP contribution in [-0.2, 0) is 16.4 Å². The summed E-state index contributed by atoms with van der Waals surface area (Å²) >= 11 is 0. The summed E-state index contributed by atoms with van der Waals surface area (Å²) in [6.45, 7) is 3.73. The number of nitrogens with one attached hydrogen (secondary N) is 1. The molecule has 7 heteroatoms. The van der Waals surface area contributed by atoms with E-state index < -0.39 is 10.0 Å². The molecule has 0 radical (unpaired) electrons. The Bertz CT molecular complexity index is 1030. The van der Waals surface area contributed by atoms with Gasteiger partial charge in [-0.2, -0.15) is 0 Å². The van der Waals surface area contributed by atoms with Crippen molar-refractivity contribution in [1.82, 2.24) is 5.16 Å². The zero-order valence-corrected chi connectivity index (χ0v) is 15.6. The van der Waals surface area contributed by atoms with Gasteiger partial charge in [0.05, 0.1) is 23.4 Å². The lowest BCUT2D eigenvalue weighted by molar-refractivity contribution is 0.417. The van der Waals surface area contributed by atoms with Crippen LogP contribution >= 0.6 is 0 Å². The largest absolute Gasteiger partial charge is 0.495 e. The van der Waals surface area contributed by atoms with E-state index in [2.05, 4.69) is 9.88 Å². The summed E-state index contributed by atoms with van der Waals surface area (Å²) in [5.41, 5.74) is 2.49. The fraction of sp³-hybridized carbons (Fsp3) is 0.211. The van der Waals surface area contributed by atoms with Crippen LogP contribution < -0.4 is 9.46 Å². The van der Waals surface area contributed by atoms with Gasteiger partial charge < -0.3 is 9.26 Å². The van der Waals surface area contributed by atoms with Crippen LogP contribution in [0.3, 0.4) is 0 Å². The Morgan fingerprint density at radius 1 is 1.15 bits per heavy atom. The van der Waals surface area contributed by atoms with Gasteiger partial charge in [-0.05, 0) is 37.1 Å². The predicted octanol–water partition coefficient (Wildman–Crippen LogP) is 4.02. The topological polar surface area (TPSA) is 81.4 Å². The van der Waals surface area contributed by atoms with Gasteiger partial charge in [0.25, 0.3) is 10.0 Å². The lowest BCUT2D eigenvalue weighted by Crippen LogP contribution is -2.15. The maximum atomic E-state index is 13.0. The molecule has 0 bridgehead atoms. The van der Waals surface area contributed by atoms with Crippen molar-refractivity contribution in [3.05, 3.63) is 59.8 Å². The zero-order valence-electron chi connectivity index (χ0n) is 14.8. The number of benzene rings is 2. The molecule has 1 heterocycles. The third-order valence-corrected chi connectivity index (χ3v) is 5.45. The molecule has 2 aromatic carbocycles. The molecule has 26 heavy (non-hydrogen) atoms. The second-order valence-electron chi connectivity index (χ2n) is 5.81. The standard InChI is InChI=1S/C19H20N2O4S/c1-4-14-9-10-15(18-11-13(2)20-25-18)12-19(14)26(22,23)21-16-7-5-6-8-17(16)24-3/h5-12,21H,4H2,1-3H3. The van der Waals surface area contributed by atoms with E-state index >= 15 is 0 Å². The number of nitrogens with zero attached hydrogens (tertiary/aromatic N) is 1. The molecule has 0 saturated heterocycles. The SMILES string of the molecule is CCc1ccc(-c2cc(C)no2)cc1S(=O)(=O)Nc1ccccc1OC. The quantitative estimate of drug-likeness (QED) is 0.707. The third-order valence-electron chi connectivity index (χ3n) is 4.00. The Balaban J connectivity index is 2.05. The Morgan fingerprint density at radius 3 is 2.58 bits per heavy atom. The number of aromatic nitrogens is 1. The number of hydrogen-bond donors (Lipinski definition) is 1. The smallest absolute Gasteiger partial charge is 0.262 e. The maximum Gasteiger partial charge on any atom is 0.262 e. The van der Waals surface area contributed by atoms with Gasteiger partial charge in [0.15, 0.2) is 5.76 Å². The molecule has 0 fully saturated rings. The number of anilines is 1. The molecule has 1 N–H and O–H groups in total. The summed E-state index contributed by atoms with van der Waals surface area (Å²) in [6.07, 6.45) is 0.581. The van der Waals surface area contributed by atoms with Crippen molar-refractivity contribution in [2.75, 3.05) is 11.8 Å². The fourth-order valence-corrected chi connectivity index (χ4v) is 4.09. The number of aryl methyl sites for hydroxylation is 2. The normalized spacial score (nSPS) is 11.3. The van der Waals surface area contributed by atoms with E-state index in [1.165, 1.54) is 7.11 Å². The highest BCUT2D eigenvalue weighted by molar-refractivity contribution is 7.92. The first-order chi connectivity index (χ1) is 12.4. The maximum absolute atomic E-state index is 13.0. The Kier molecular flexibility index (Phi) is 4.99. The monoisotopic (exact) mass is 372 g/mol. The number of hydrogen-bond acceptors (Lipinski definition) is 5. The Hall–Kier alpha value is -2.80. The summed E-state index contributed by atoms with van der Waals surface area (Å²) in [7, 11) is -2.31. The second kappa shape index (κ2) is 7.21. The van der Waals surface area contributed by atoms with Crippen LogP contribution in [0.4, 0.5) is 5.69 Å². The minimum atomic E-state index is -3.80. The van der Waals surface area contributed by atoms with Crippen molar-refractivity contribution in [3.63, 3.8) is 0 Å². The van der Waals surface area contributed by atoms with Crippen LogP contribution in [0.1, 0.15) is 18.2 Å². The number of methoxy groups -OCH3 is 1. The van der Waals surface area contributed by atoms with Gasteiger partial charge >= 0.3 is 0 Å². The van der Waals surface area contributed by atoms with Crippen molar-refractivity contribution < 1.29 is 17.7 Å². The molecule has 0 unspecified atom stereocenters. The third kappa shape index (κ3) is 3.57. The molecule has 0 aliphatic rings. The van der Waals surface area contributed by atoms with Crippen molar-refractivity contribution in [1.29, 1.82) is 0 Å². The van der Waals surface area contributed by atoms with Crippen LogP contribution in [0.15, 0.2) is 57.9 Å². The number of ether oxygens (including phenoxy) is 1. The highest BCUT2D eigenvalue weighted by atomic mass is 32.2. The van der Waals surface area contributed by atoms with Crippen LogP contribution in [-0.4, -0.2) is 20.7 Å². The molecule has 0 aliphatic heterocycles. The first-order valence-electron chi connectivity index (χ1n) is 8.17. The highest BCUT2D eigenvalue weighted by Gasteiger charge is 2.21. The molecule has 0 amide bonds. The minimum Gasteiger partial charge on any atom is -0.495 e. The van der Waals surface area contributed by atoms with Crippen LogP contribution in [0.5, 0.6) is 5.75 Å². The van der Waals surface area contributed by atoms with E-state index in [4.69, 9.17) is 9.26 Å². The van der Waals surface area contributed by atoms with Gasteiger partial charge in [-0.1, -0.05) is 36.3 Å². The van der Waals surface area contributed by atoms with E-state index in [-0.39, 0.29) is 4.90 Å². The predicted molar refractivity (Wildman–Crippen MR) is 99.9 cm³/mol. The second-order valence-corrected chi connectivity index (χ2v) is 7.47. The van der Waals surface area contributed by atoms with Crippen LogP contribution in [0.2, 0.25) is 0 Å². The zero-order chi connectivity index (χ0) is 18.7. The first-order valence-corrected chi connectivity index (χ1v) is 9.65. The van der Waals surface area contributed by atoms with E-state index in [0.29, 0.717) is 34.7 Å². The molecular weight excluding hydrogens is 352 g/mol. The van der Waals surface area contributed by atoms with Gasteiger partial charge in [0.1, 0.15) is 5.75 Å². The molecule has 136 valence electrons. The number of sulfonamides is 1.